The number of likely N-dealkylation sites (tertiary alicyclic amines) is 1. The Morgan fingerprint density at radius 2 is 1.85 bits per heavy atom. The molecule has 2 aliphatic rings. The van der Waals surface area contributed by atoms with Gasteiger partial charge in [-0.2, -0.15) is 0 Å². The molecule has 27 heavy (non-hydrogen) atoms. The number of halogens is 2. The number of nitrogens with one attached hydrogen (secondary N) is 1. The number of amides is 1. The van der Waals surface area contributed by atoms with E-state index < -0.39 is 11.6 Å². The first kappa shape index (κ1) is 18.2. The molecule has 2 fully saturated rings. The lowest BCUT2D eigenvalue weighted by Crippen LogP contribution is -2.47. The lowest BCUT2D eigenvalue weighted by Gasteiger charge is -2.37. The quantitative estimate of drug-likeness (QED) is 0.866. The van der Waals surface area contributed by atoms with Crippen molar-refractivity contribution in [3.63, 3.8) is 0 Å². The van der Waals surface area contributed by atoms with E-state index in [0.717, 1.165) is 0 Å². The number of hydrogen-bond donors (Lipinski definition) is 1. The number of carbonyl (C=O) groups is 1. The number of ether oxygens (including phenoxy) is 2. The molecule has 4 rings (SSSR count). The summed E-state index contributed by atoms with van der Waals surface area (Å²) in [6, 6.07) is 7.79. The molecule has 1 aromatic carbocycles. The smallest absolute Gasteiger partial charge is 0.272 e. The highest BCUT2D eigenvalue weighted by Crippen LogP contribution is 2.31. The van der Waals surface area contributed by atoms with E-state index in [4.69, 9.17) is 21.1 Å². The molecule has 2 aliphatic heterocycles. The average molecular weight is 392 g/mol. The third-order valence-corrected chi connectivity index (χ3v) is 5.11. The predicted octanol–water partition coefficient (Wildman–Crippen LogP) is 3.60. The molecule has 0 bridgehead atoms. The minimum Gasteiger partial charge on any atom is -0.354 e. The van der Waals surface area contributed by atoms with Gasteiger partial charge in [-0.25, -0.2) is 9.37 Å². The second-order valence-corrected chi connectivity index (χ2v) is 6.99. The molecule has 2 aromatic rings. The number of anilines is 2. The number of benzene rings is 1. The van der Waals surface area contributed by atoms with Gasteiger partial charge in [-0.05, 0) is 30.3 Å². The normalized spacial score (nSPS) is 18.7. The van der Waals surface area contributed by atoms with Crippen LogP contribution in [-0.4, -0.2) is 47.9 Å². The topological polar surface area (TPSA) is 63.7 Å². The third-order valence-electron chi connectivity index (χ3n) is 4.82. The van der Waals surface area contributed by atoms with Crippen LogP contribution >= 0.6 is 11.6 Å². The van der Waals surface area contributed by atoms with Gasteiger partial charge in [0.2, 0.25) is 0 Å². The molecule has 0 saturated carbocycles. The minimum atomic E-state index is -0.506. The first-order valence-corrected chi connectivity index (χ1v) is 9.18. The molecule has 8 heteroatoms. The second kappa shape index (κ2) is 7.42. The Hall–Kier alpha value is -2.22. The molecule has 3 heterocycles. The minimum absolute atomic E-state index is 0.0397. The summed E-state index contributed by atoms with van der Waals surface area (Å²) in [6.45, 7) is 2.38. The van der Waals surface area contributed by atoms with Gasteiger partial charge in [0.1, 0.15) is 11.5 Å². The number of pyridine rings is 1. The Morgan fingerprint density at radius 3 is 2.48 bits per heavy atom. The summed E-state index contributed by atoms with van der Waals surface area (Å²) in [7, 11) is 0. The summed E-state index contributed by atoms with van der Waals surface area (Å²) in [5.74, 6) is -1.09. The predicted molar refractivity (Wildman–Crippen MR) is 98.7 cm³/mol. The first-order chi connectivity index (χ1) is 13.0. The Kier molecular flexibility index (Phi) is 4.99. The van der Waals surface area contributed by atoms with Crippen LogP contribution in [0, 0.1) is 5.82 Å². The molecule has 1 aromatic heterocycles. The molecular weight excluding hydrogens is 373 g/mol. The fraction of sp³-hybridized carbons (Fsp3) is 0.368. The van der Waals surface area contributed by atoms with Crippen molar-refractivity contribution in [3.05, 3.63) is 53.1 Å². The summed E-state index contributed by atoms with van der Waals surface area (Å²) >= 11 is 5.78. The van der Waals surface area contributed by atoms with Gasteiger partial charge in [-0.15, -0.1) is 0 Å². The second-order valence-electron chi connectivity index (χ2n) is 6.59. The molecule has 6 nitrogen and oxygen atoms in total. The van der Waals surface area contributed by atoms with Crippen molar-refractivity contribution in [3.8, 4) is 0 Å². The van der Waals surface area contributed by atoms with E-state index in [9.17, 15) is 9.18 Å². The monoisotopic (exact) mass is 391 g/mol. The van der Waals surface area contributed by atoms with Crippen LogP contribution in [0.1, 0.15) is 23.3 Å². The number of nitrogens with zero attached hydrogens (tertiary/aromatic N) is 2. The van der Waals surface area contributed by atoms with Crippen LogP contribution in [0.4, 0.5) is 15.8 Å². The summed E-state index contributed by atoms with van der Waals surface area (Å²) in [5, 5.41) is 3.12. The summed E-state index contributed by atoms with van der Waals surface area (Å²) in [5.41, 5.74) is 1.70. The first-order valence-electron chi connectivity index (χ1n) is 8.80. The van der Waals surface area contributed by atoms with Crippen LogP contribution in [0.25, 0.3) is 0 Å². The van der Waals surface area contributed by atoms with Crippen molar-refractivity contribution in [2.24, 2.45) is 0 Å². The van der Waals surface area contributed by atoms with E-state index in [1.54, 1.807) is 29.3 Å². The van der Waals surface area contributed by atoms with E-state index in [-0.39, 0.29) is 10.9 Å². The van der Waals surface area contributed by atoms with Crippen LogP contribution in [0.2, 0.25) is 5.02 Å². The number of hydrogen-bond acceptors (Lipinski definition) is 5. The van der Waals surface area contributed by atoms with Crippen molar-refractivity contribution in [2.45, 2.75) is 18.6 Å². The molecule has 1 spiro atoms. The average Bonchev–Trinajstić information content (AvgIpc) is 3.13. The molecule has 1 amide bonds. The molecule has 2 saturated heterocycles. The summed E-state index contributed by atoms with van der Waals surface area (Å²) in [6.07, 6.45) is 2.91. The maximum Gasteiger partial charge on any atom is 0.272 e. The zero-order valence-electron chi connectivity index (χ0n) is 14.6. The zero-order chi connectivity index (χ0) is 18.9. The SMILES string of the molecule is O=C(c1ccc(Nc2ccc(F)c(Cl)c2)cn1)N1CCC2(CC1)OCCO2. The lowest BCUT2D eigenvalue weighted by atomic mass is 10.0. The number of rotatable bonds is 3. The Balaban J connectivity index is 1.38. The summed E-state index contributed by atoms with van der Waals surface area (Å²) < 4.78 is 24.6. The lowest BCUT2D eigenvalue weighted by molar-refractivity contribution is -0.181. The highest BCUT2D eigenvalue weighted by molar-refractivity contribution is 6.31. The number of aromatic nitrogens is 1. The van der Waals surface area contributed by atoms with Crippen LogP contribution in [0.15, 0.2) is 36.5 Å². The van der Waals surface area contributed by atoms with Crippen LogP contribution in [-0.2, 0) is 9.47 Å². The Labute approximate surface area is 161 Å². The maximum atomic E-state index is 13.2. The van der Waals surface area contributed by atoms with Crippen molar-refractivity contribution >= 4 is 28.9 Å². The highest BCUT2D eigenvalue weighted by atomic mass is 35.5. The standard InChI is InChI=1S/C19H19ClFN3O3/c20-15-11-13(1-3-16(15)21)23-14-2-4-17(22-12-14)18(25)24-7-5-19(6-8-24)26-9-10-27-19/h1-4,11-12,23H,5-10H2. The van der Waals surface area contributed by atoms with E-state index in [1.165, 1.54) is 12.1 Å². The number of carbonyl (C=O) groups excluding carboxylic acids is 1. The largest absolute Gasteiger partial charge is 0.354 e. The van der Waals surface area contributed by atoms with Crippen molar-refractivity contribution in [1.29, 1.82) is 0 Å². The van der Waals surface area contributed by atoms with Gasteiger partial charge in [0.05, 0.1) is 30.1 Å². The van der Waals surface area contributed by atoms with E-state index in [2.05, 4.69) is 10.3 Å². The molecule has 142 valence electrons. The Morgan fingerprint density at radius 1 is 1.15 bits per heavy atom. The van der Waals surface area contributed by atoms with E-state index in [1.807, 2.05) is 0 Å². The van der Waals surface area contributed by atoms with E-state index in [0.29, 0.717) is 56.2 Å². The molecular formula is C19H19ClFN3O3. The van der Waals surface area contributed by atoms with Gasteiger partial charge in [-0.1, -0.05) is 11.6 Å². The molecule has 1 N–H and O–H groups in total. The number of piperidine rings is 1. The van der Waals surface area contributed by atoms with Crippen LogP contribution in [0.5, 0.6) is 0 Å². The molecule has 0 unspecified atom stereocenters. The van der Waals surface area contributed by atoms with Crippen LogP contribution < -0.4 is 5.32 Å². The molecule has 0 atom stereocenters. The van der Waals surface area contributed by atoms with Gasteiger partial charge in [0.25, 0.3) is 5.91 Å². The Bertz CT molecular complexity index is 831. The molecule has 0 aliphatic carbocycles. The van der Waals surface area contributed by atoms with Gasteiger partial charge >= 0.3 is 0 Å². The van der Waals surface area contributed by atoms with Crippen molar-refractivity contribution in [1.82, 2.24) is 9.88 Å². The van der Waals surface area contributed by atoms with Crippen molar-refractivity contribution < 1.29 is 18.7 Å². The summed E-state index contributed by atoms with van der Waals surface area (Å²) in [4.78, 5) is 18.7. The van der Waals surface area contributed by atoms with Gasteiger partial charge in [-0.3, -0.25) is 4.79 Å². The molecule has 0 radical (unpaired) electrons. The maximum absolute atomic E-state index is 13.2. The van der Waals surface area contributed by atoms with Gasteiger partial charge in [0, 0.05) is 31.6 Å². The fourth-order valence-corrected chi connectivity index (χ4v) is 3.51. The highest BCUT2D eigenvalue weighted by Gasteiger charge is 2.40. The van der Waals surface area contributed by atoms with E-state index >= 15 is 0 Å². The fourth-order valence-electron chi connectivity index (χ4n) is 3.33. The van der Waals surface area contributed by atoms with Gasteiger partial charge in [0.15, 0.2) is 5.79 Å². The third kappa shape index (κ3) is 3.90. The zero-order valence-corrected chi connectivity index (χ0v) is 15.3. The van der Waals surface area contributed by atoms with Crippen molar-refractivity contribution in [2.75, 3.05) is 31.6 Å². The van der Waals surface area contributed by atoms with Gasteiger partial charge < -0.3 is 19.7 Å². The van der Waals surface area contributed by atoms with Crippen LogP contribution in [0.3, 0.4) is 0 Å².